The second kappa shape index (κ2) is 7.65. The molecule has 0 saturated carbocycles. The van der Waals surface area contributed by atoms with Crippen molar-refractivity contribution in [3.63, 3.8) is 0 Å². The maximum atomic E-state index is 12.2. The van der Waals surface area contributed by atoms with Crippen LogP contribution in [0.2, 0.25) is 0 Å². The predicted molar refractivity (Wildman–Crippen MR) is 99.8 cm³/mol. The van der Waals surface area contributed by atoms with E-state index in [0.717, 1.165) is 21.3 Å². The fourth-order valence-corrected chi connectivity index (χ4v) is 2.69. The Kier molecular flexibility index (Phi) is 5.12. The number of H-pyrrole nitrogens is 1. The minimum atomic E-state index is -0.604. The monoisotopic (exact) mass is 349 g/mol. The van der Waals surface area contributed by atoms with Crippen LogP contribution in [-0.4, -0.2) is 15.5 Å². The van der Waals surface area contributed by atoms with Gasteiger partial charge in [0, 0.05) is 12.3 Å². The lowest BCUT2D eigenvalue weighted by Gasteiger charge is -2.15. The third-order valence-electron chi connectivity index (χ3n) is 4.11. The Morgan fingerprint density at radius 1 is 1.00 bits per heavy atom. The lowest BCUT2D eigenvalue weighted by molar-refractivity contribution is -0.122. The topological polar surface area (TPSA) is 84.0 Å². The molecule has 1 atom stereocenters. The molecular weight excluding hydrogens is 330 g/mol. The second-order valence-electron chi connectivity index (χ2n) is 6.02. The lowest BCUT2D eigenvalue weighted by Crippen LogP contribution is -2.36. The Hall–Kier alpha value is -3.41. The van der Waals surface area contributed by atoms with E-state index >= 15 is 0 Å². The number of hydrogen-bond acceptors (Lipinski definition) is 3. The van der Waals surface area contributed by atoms with E-state index in [9.17, 15) is 14.4 Å². The van der Waals surface area contributed by atoms with E-state index in [4.69, 9.17) is 0 Å². The van der Waals surface area contributed by atoms with Gasteiger partial charge in [-0.3, -0.25) is 19.1 Å². The molecule has 0 aliphatic heterocycles. The third kappa shape index (κ3) is 4.16. The van der Waals surface area contributed by atoms with Crippen molar-refractivity contribution in [2.24, 2.45) is 0 Å². The molecule has 1 aromatic heterocycles. The molecule has 6 heteroatoms. The zero-order valence-corrected chi connectivity index (χ0v) is 14.3. The first-order chi connectivity index (χ1) is 12.5. The van der Waals surface area contributed by atoms with Crippen LogP contribution < -0.4 is 16.6 Å². The van der Waals surface area contributed by atoms with E-state index in [1.165, 1.54) is 12.3 Å². The molecule has 1 heterocycles. The number of benzene rings is 2. The number of nitrogens with zero attached hydrogens (tertiary/aromatic N) is 1. The maximum absolute atomic E-state index is 12.2. The molecule has 2 aromatic carbocycles. The summed E-state index contributed by atoms with van der Waals surface area (Å²) in [5, 5.41) is 2.86. The standard InChI is InChI=1S/C20H19N3O3/c1-14(21-19(25)13-23-12-11-18(24)22-20(23)26)15-7-9-17(10-8-15)16-5-3-2-4-6-16/h2-12,14H,13H2,1H3,(H,21,25)(H,22,24,26). The molecule has 3 rings (SSSR count). The molecule has 2 N–H and O–H groups in total. The van der Waals surface area contributed by atoms with Crippen LogP contribution in [0.5, 0.6) is 0 Å². The Morgan fingerprint density at radius 3 is 2.31 bits per heavy atom. The van der Waals surface area contributed by atoms with Crippen LogP contribution in [0.25, 0.3) is 11.1 Å². The highest BCUT2D eigenvalue weighted by atomic mass is 16.2. The van der Waals surface area contributed by atoms with Gasteiger partial charge in [-0.15, -0.1) is 0 Å². The normalized spacial score (nSPS) is 11.7. The minimum absolute atomic E-state index is 0.151. The first-order valence-electron chi connectivity index (χ1n) is 8.27. The summed E-state index contributed by atoms with van der Waals surface area (Å²) in [6, 6.07) is 19.0. The van der Waals surface area contributed by atoms with Crippen LogP contribution in [-0.2, 0) is 11.3 Å². The van der Waals surface area contributed by atoms with E-state index < -0.39 is 11.2 Å². The Labute approximate surface area is 150 Å². The van der Waals surface area contributed by atoms with Gasteiger partial charge in [-0.1, -0.05) is 54.6 Å². The van der Waals surface area contributed by atoms with Crippen molar-refractivity contribution >= 4 is 5.91 Å². The van der Waals surface area contributed by atoms with Gasteiger partial charge in [0.2, 0.25) is 5.91 Å². The van der Waals surface area contributed by atoms with Crippen LogP contribution in [0.1, 0.15) is 18.5 Å². The minimum Gasteiger partial charge on any atom is -0.348 e. The first-order valence-corrected chi connectivity index (χ1v) is 8.27. The molecule has 0 bridgehead atoms. The lowest BCUT2D eigenvalue weighted by atomic mass is 10.0. The van der Waals surface area contributed by atoms with Gasteiger partial charge in [-0.25, -0.2) is 4.79 Å². The molecular formula is C20H19N3O3. The quantitative estimate of drug-likeness (QED) is 0.740. The summed E-state index contributed by atoms with van der Waals surface area (Å²) in [6.07, 6.45) is 1.31. The van der Waals surface area contributed by atoms with Crippen molar-refractivity contribution in [2.75, 3.05) is 0 Å². The zero-order chi connectivity index (χ0) is 18.5. The Morgan fingerprint density at radius 2 is 1.65 bits per heavy atom. The van der Waals surface area contributed by atoms with Crippen LogP contribution in [0.3, 0.4) is 0 Å². The number of aromatic amines is 1. The second-order valence-corrected chi connectivity index (χ2v) is 6.02. The highest BCUT2D eigenvalue weighted by Crippen LogP contribution is 2.21. The van der Waals surface area contributed by atoms with Gasteiger partial charge in [0.25, 0.3) is 5.56 Å². The number of nitrogens with one attached hydrogen (secondary N) is 2. The summed E-state index contributed by atoms with van der Waals surface area (Å²) in [7, 11) is 0. The van der Waals surface area contributed by atoms with Gasteiger partial charge in [0.05, 0.1) is 6.04 Å². The molecule has 132 valence electrons. The smallest absolute Gasteiger partial charge is 0.328 e. The van der Waals surface area contributed by atoms with Gasteiger partial charge in [0.15, 0.2) is 0 Å². The van der Waals surface area contributed by atoms with Gasteiger partial charge in [-0.2, -0.15) is 0 Å². The Bertz CT molecular complexity index is 1000. The molecule has 0 aliphatic rings. The summed E-state index contributed by atoms with van der Waals surface area (Å²) in [4.78, 5) is 37.0. The summed E-state index contributed by atoms with van der Waals surface area (Å²) < 4.78 is 1.15. The molecule has 0 radical (unpaired) electrons. The van der Waals surface area contributed by atoms with E-state index in [1.807, 2.05) is 61.5 Å². The molecule has 0 aliphatic carbocycles. The van der Waals surface area contributed by atoms with Crippen LogP contribution in [0, 0.1) is 0 Å². The van der Waals surface area contributed by atoms with Crippen LogP contribution in [0.15, 0.2) is 76.4 Å². The van der Waals surface area contributed by atoms with Gasteiger partial charge < -0.3 is 5.32 Å². The van der Waals surface area contributed by atoms with Crippen molar-refractivity contribution in [1.82, 2.24) is 14.9 Å². The van der Waals surface area contributed by atoms with Gasteiger partial charge >= 0.3 is 5.69 Å². The fraction of sp³-hybridized carbons (Fsp3) is 0.150. The highest BCUT2D eigenvalue weighted by molar-refractivity contribution is 5.76. The van der Waals surface area contributed by atoms with E-state index in [1.54, 1.807) is 0 Å². The number of carbonyl (C=O) groups is 1. The summed E-state index contributed by atoms with van der Waals surface area (Å²) >= 11 is 0. The summed E-state index contributed by atoms with van der Waals surface area (Å²) in [5.41, 5.74) is 2.11. The number of hydrogen-bond donors (Lipinski definition) is 2. The van der Waals surface area contributed by atoms with E-state index in [0.29, 0.717) is 0 Å². The number of carbonyl (C=O) groups excluding carboxylic acids is 1. The fourth-order valence-electron chi connectivity index (χ4n) is 2.69. The van der Waals surface area contributed by atoms with Crippen LogP contribution in [0.4, 0.5) is 0 Å². The Balaban J connectivity index is 1.65. The maximum Gasteiger partial charge on any atom is 0.328 e. The molecule has 26 heavy (non-hydrogen) atoms. The van der Waals surface area contributed by atoms with E-state index in [-0.39, 0.29) is 18.5 Å². The van der Waals surface area contributed by atoms with Crippen molar-refractivity contribution in [3.8, 4) is 11.1 Å². The molecule has 0 saturated heterocycles. The molecule has 1 unspecified atom stereocenters. The molecule has 1 amide bonds. The largest absolute Gasteiger partial charge is 0.348 e. The summed E-state index contributed by atoms with van der Waals surface area (Å²) in [6.45, 7) is 1.73. The average molecular weight is 349 g/mol. The van der Waals surface area contributed by atoms with Crippen LogP contribution >= 0.6 is 0 Å². The highest BCUT2D eigenvalue weighted by Gasteiger charge is 2.11. The number of aromatic nitrogens is 2. The van der Waals surface area contributed by atoms with Crippen molar-refractivity contribution < 1.29 is 4.79 Å². The number of rotatable bonds is 5. The zero-order valence-electron chi connectivity index (χ0n) is 14.3. The van der Waals surface area contributed by atoms with Crippen molar-refractivity contribution in [3.05, 3.63) is 93.3 Å². The molecule has 6 nitrogen and oxygen atoms in total. The molecule has 0 spiro atoms. The molecule has 3 aromatic rings. The predicted octanol–water partition coefficient (Wildman–Crippen LogP) is 2.08. The SMILES string of the molecule is CC(NC(=O)Cn1ccc(=O)[nH]c1=O)c1ccc(-c2ccccc2)cc1. The number of amides is 1. The van der Waals surface area contributed by atoms with E-state index in [2.05, 4.69) is 10.3 Å². The molecule has 0 fully saturated rings. The average Bonchev–Trinajstić information content (AvgIpc) is 2.65. The van der Waals surface area contributed by atoms with Gasteiger partial charge in [0.1, 0.15) is 6.54 Å². The third-order valence-corrected chi connectivity index (χ3v) is 4.11. The van der Waals surface area contributed by atoms with Gasteiger partial charge in [-0.05, 0) is 23.6 Å². The van der Waals surface area contributed by atoms with Crippen molar-refractivity contribution in [1.29, 1.82) is 0 Å². The van der Waals surface area contributed by atoms with Crippen molar-refractivity contribution in [2.45, 2.75) is 19.5 Å². The first kappa shape index (κ1) is 17.4. The summed E-state index contributed by atoms with van der Waals surface area (Å²) in [5.74, 6) is -0.307.